The first kappa shape index (κ1) is 15.3. The average molecular weight is 337 g/mol. The minimum absolute atomic E-state index is 0.0505. The first-order valence-electron chi connectivity index (χ1n) is 6.85. The van der Waals surface area contributed by atoms with Crippen LogP contribution < -0.4 is 4.74 Å². The van der Waals surface area contributed by atoms with E-state index in [-0.39, 0.29) is 17.4 Å². The standard InChI is InChI=1S/C16H21BrN2O/c1-16(2,3)19-9-12(8-18)13(10-19)11-5-6-15(20-4)14(17)7-11/h5-7,12-13H,9-10H2,1-4H3/t12-,13+/m1/s1. The number of methoxy groups -OCH3 is 1. The lowest BCUT2D eigenvalue weighted by atomic mass is 9.90. The number of hydrogen-bond acceptors (Lipinski definition) is 3. The summed E-state index contributed by atoms with van der Waals surface area (Å²) in [6.45, 7) is 8.38. The molecule has 1 aromatic rings. The Hall–Kier alpha value is -1.05. The Morgan fingerprint density at radius 1 is 1.35 bits per heavy atom. The molecule has 1 aliphatic rings. The summed E-state index contributed by atoms with van der Waals surface area (Å²) >= 11 is 3.53. The SMILES string of the molecule is COc1ccc([C@@H]2CN(C(C)(C)C)C[C@H]2C#N)cc1Br. The van der Waals surface area contributed by atoms with E-state index in [1.807, 2.05) is 6.07 Å². The number of nitriles is 1. The van der Waals surface area contributed by atoms with Crippen molar-refractivity contribution in [1.29, 1.82) is 5.26 Å². The van der Waals surface area contributed by atoms with Crippen LogP contribution in [-0.2, 0) is 0 Å². The molecule has 4 heteroatoms. The van der Waals surface area contributed by atoms with Gasteiger partial charge in [-0.25, -0.2) is 0 Å². The number of nitrogens with zero attached hydrogens (tertiary/aromatic N) is 2. The normalized spacial score (nSPS) is 23.6. The van der Waals surface area contributed by atoms with Gasteiger partial charge < -0.3 is 4.74 Å². The predicted octanol–water partition coefficient (Wildman–Crippen LogP) is 3.80. The molecule has 0 spiro atoms. The molecule has 1 aromatic carbocycles. The molecule has 1 saturated heterocycles. The Balaban J connectivity index is 2.28. The molecule has 0 radical (unpaired) electrons. The van der Waals surface area contributed by atoms with Gasteiger partial charge in [0.15, 0.2) is 0 Å². The molecule has 0 amide bonds. The molecule has 0 aliphatic carbocycles. The zero-order valence-electron chi connectivity index (χ0n) is 12.5. The van der Waals surface area contributed by atoms with Gasteiger partial charge in [0.1, 0.15) is 5.75 Å². The Morgan fingerprint density at radius 3 is 2.55 bits per heavy atom. The molecule has 1 aliphatic heterocycles. The third kappa shape index (κ3) is 2.99. The van der Waals surface area contributed by atoms with Gasteiger partial charge in [0.05, 0.1) is 23.6 Å². The van der Waals surface area contributed by atoms with Gasteiger partial charge in [-0.1, -0.05) is 6.07 Å². The van der Waals surface area contributed by atoms with Crippen molar-refractivity contribution in [3.8, 4) is 11.8 Å². The molecule has 1 fully saturated rings. The largest absolute Gasteiger partial charge is 0.496 e. The van der Waals surface area contributed by atoms with Crippen LogP contribution in [-0.4, -0.2) is 30.6 Å². The second kappa shape index (κ2) is 5.75. The first-order chi connectivity index (χ1) is 9.36. The van der Waals surface area contributed by atoms with Crippen LogP contribution in [0, 0.1) is 17.2 Å². The van der Waals surface area contributed by atoms with Crippen LogP contribution in [0.25, 0.3) is 0 Å². The summed E-state index contributed by atoms with van der Waals surface area (Å²) in [5, 5.41) is 9.44. The molecule has 0 aromatic heterocycles. The van der Waals surface area contributed by atoms with Crippen molar-refractivity contribution in [3.63, 3.8) is 0 Å². The van der Waals surface area contributed by atoms with E-state index in [2.05, 4.69) is 59.8 Å². The Morgan fingerprint density at radius 2 is 2.05 bits per heavy atom. The van der Waals surface area contributed by atoms with Gasteiger partial charge in [0.2, 0.25) is 0 Å². The van der Waals surface area contributed by atoms with Crippen molar-refractivity contribution in [3.05, 3.63) is 28.2 Å². The minimum Gasteiger partial charge on any atom is -0.496 e. The van der Waals surface area contributed by atoms with Gasteiger partial charge in [-0.2, -0.15) is 5.26 Å². The smallest absolute Gasteiger partial charge is 0.133 e. The van der Waals surface area contributed by atoms with Crippen LogP contribution >= 0.6 is 15.9 Å². The second-order valence-electron chi connectivity index (χ2n) is 6.31. The van der Waals surface area contributed by atoms with Gasteiger partial charge in [-0.05, 0) is 54.4 Å². The lowest BCUT2D eigenvalue weighted by Gasteiger charge is -2.31. The summed E-state index contributed by atoms with van der Waals surface area (Å²) in [6, 6.07) is 8.60. The summed E-state index contributed by atoms with van der Waals surface area (Å²) in [7, 11) is 1.66. The molecule has 1 heterocycles. The average Bonchev–Trinajstić information content (AvgIpc) is 2.82. The number of hydrogen-bond donors (Lipinski definition) is 0. The highest BCUT2D eigenvalue weighted by molar-refractivity contribution is 9.10. The zero-order valence-corrected chi connectivity index (χ0v) is 14.1. The third-order valence-corrected chi connectivity index (χ3v) is 4.66. The fourth-order valence-electron chi connectivity index (χ4n) is 2.73. The third-order valence-electron chi connectivity index (χ3n) is 4.04. The Bertz CT molecular complexity index is 530. The molecule has 108 valence electrons. The molecule has 20 heavy (non-hydrogen) atoms. The summed E-state index contributed by atoms with van der Waals surface area (Å²) < 4.78 is 6.22. The van der Waals surface area contributed by atoms with Crippen LogP contribution in [0.1, 0.15) is 32.3 Å². The van der Waals surface area contributed by atoms with E-state index in [9.17, 15) is 5.26 Å². The molecule has 2 atom stereocenters. The highest BCUT2D eigenvalue weighted by Gasteiger charge is 2.38. The summed E-state index contributed by atoms with van der Waals surface area (Å²) in [4.78, 5) is 2.39. The number of likely N-dealkylation sites (tertiary alicyclic amines) is 1. The van der Waals surface area contributed by atoms with Crippen molar-refractivity contribution >= 4 is 15.9 Å². The number of ether oxygens (including phenoxy) is 1. The molecule has 3 nitrogen and oxygen atoms in total. The Kier molecular flexibility index (Phi) is 4.41. The molecule has 0 saturated carbocycles. The van der Waals surface area contributed by atoms with Gasteiger partial charge in [0.25, 0.3) is 0 Å². The van der Waals surface area contributed by atoms with Gasteiger partial charge in [0, 0.05) is 24.5 Å². The fraction of sp³-hybridized carbons (Fsp3) is 0.562. The topological polar surface area (TPSA) is 36.3 Å². The van der Waals surface area contributed by atoms with E-state index in [1.54, 1.807) is 7.11 Å². The van der Waals surface area contributed by atoms with Gasteiger partial charge in [-0.3, -0.25) is 4.90 Å². The number of benzene rings is 1. The maximum absolute atomic E-state index is 9.44. The minimum atomic E-state index is 0.0505. The van der Waals surface area contributed by atoms with Crippen molar-refractivity contribution in [2.75, 3.05) is 20.2 Å². The van der Waals surface area contributed by atoms with Crippen molar-refractivity contribution in [2.24, 2.45) is 5.92 Å². The predicted molar refractivity (Wildman–Crippen MR) is 83.9 cm³/mol. The summed E-state index contributed by atoms with van der Waals surface area (Å²) in [6.07, 6.45) is 0. The maximum atomic E-state index is 9.44. The van der Waals surface area contributed by atoms with Crippen LogP contribution in [0.4, 0.5) is 0 Å². The first-order valence-corrected chi connectivity index (χ1v) is 7.64. The van der Waals surface area contributed by atoms with Crippen molar-refractivity contribution < 1.29 is 4.74 Å². The van der Waals surface area contributed by atoms with Gasteiger partial charge in [-0.15, -0.1) is 0 Å². The number of halogens is 1. The molecular weight excluding hydrogens is 316 g/mol. The number of rotatable bonds is 2. The van der Waals surface area contributed by atoms with E-state index >= 15 is 0 Å². The van der Waals surface area contributed by atoms with E-state index < -0.39 is 0 Å². The van der Waals surface area contributed by atoms with Crippen LogP contribution in [0.3, 0.4) is 0 Å². The molecule has 0 unspecified atom stereocenters. The van der Waals surface area contributed by atoms with E-state index in [0.29, 0.717) is 0 Å². The molecule has 2 rings (SSSR count). The molecule has 0 bridgehead atoms. The van der Waals surface area contributed by atoms with E-state index in [4.69, 9.17) is 4.74 Å². The summed E-state index contributed by atoms with van der Waals surface area (Å²) in [5.41, 5.74) is 1.31. The lowest BCUT2D eigenvalue weighted by Crippen LogP contribution is -2.39. The molecular formula is C16H21BrN2O. The van der Waals surface area contributed by atoms with Crippen molar-refractivity contribution in [1.82, 2.24) is 4.90 Å². The Labute approximate surface area is 129 Å². The fourth-order valence-corrected chi connectivity index (χ4v) is 3.29. The van der Waals surface area contributed by atoms with Crippen LogP contribution in [0.2, 0.25) is 0 Å². The van der Waals surface area contributed by atoms with Crippen LogP contribution in [0.5, 0.6) is 5.75 Å². The van der Waals surface area contributed by atoms with Gasteiger partial charge >= 0.3 is 0 Å². The second-order valence-corrected chi connectivity index (χ2v) is 7.17. The van der Waals surface area contributed by atoms with Crippen LogP contribution in [0.15, 0.2) is 22.7 Å². The lowest BCUT2D eigenvalue weighted by molar-refractivity contribution is 0.170. The quantitative estimate of drug-likeness (QED) is 0.824. The highest BCUT2D eigenvalue weighted by Crippen LogP contribution is 2.38. The molecule has 0 N–H and O–H groups in total. The monoisotopic (exact) mass is 336 g/mol. The van der Waals surface area contributed by atoms with E-state index in [0.717, 1.165) is 23.3 Å². The van der Waals surface area contributed by atoms with E-state index in [1.165, 1.54) is 5.56 Å². The highest BCUT2D eigenvalue weighted by atomic mass is 79.9. The summed E-state index contributed by atoms with van der Waals surface area (Å²) in [5.74, 6) is 1.14. The van der Waals surface area contributed by atoms with Crippen molar-refractivity contribution in [2.45, 2.75) is 32.2 Å². The zero-order chi connectivity index (χ0) is 14.9. The maximum Gasteiger partial charge on any atom is 0.133 e.